The lowest BCUT2D eigenvalue weighted by atomic mass is 10.2. The van der Waals surface area contributed by atoms with Gasteiger partial charge in [-0.2, -0.15) is 5.26 Å². The first-order valence-corrected chi connectivity index (χ1v) is 6.26. The van der Waals surface area contributed by atoms with Crippen molar-refractivity contribution >= 4 is 44.9 Å². The van der Waals surface area contributed by atoms with E-state index >= 15 is 0 Å². The van der Waals surface area contributed by atoms with Crippen LogP contribution in [0.5, 0.6) is 0 Å². The van der Waals surface area contributed by atoms with Crippen LogP contribution in [0.4, 0.5) is 17.3 Å². The summed E-state index contributed by atoms with van der Waals surface area (Å²) in [6.45, 7) is 0. The van der Waals surface area contributed by atoms with Gasteiger partial charge < -0.3 is 10.7 Å². The van der Waals surface area contributed by atoms with E-state index in [1.807, 2.05) is 6.07 Å². The largest absolute Gasteiger partial charge is 0.338 e. The third-order valence-electron chi connectivity index (χ3n) is 2.27. The first kappa shape index (κ1) is 13.5. The average Bonchev–Trinajstić information content (AvgIpc) is 2.43. The number of anilines is 3. The fraction of sp³-hybridized carbons (Fsp3) is 0. The maximum absolute atomic E-state index is 8.87. The zero-order valence-electron chi connectivity index (χ0n) is 9.48. The number of benzene rings is 1. The molecule has 0 aliphatic rings. The van der Waals surface area contributed by atoms with Crippen molar-refractivity contribution in [2.75, 3.05) is 10.7 Å². The zero-order valence-corrected chi connectivity index (χ0v) is 11.8. The number of nitrogens with one attached hydrogen (secondary N) is 2. The van der Waals surface area contributed by atoms with Crippen molar-refractivity contribution in [1.82, 2.24) is 9.97 Å². The number of hydrazine groups is 1. The Morgan fingerprint density at radius 2 is 2.05 bits per heavy atom. The van der Waals surface area contributed by atoms with Gasteiger partial charge in [0.05, 0.1) is 22.3 Å². The van der Waals surface area contributed by atoms with Gasteiger partial charge in [0.2, 0.25) is 0 Å². The highest BCUT2D eigenvalue weighted by atomic mass is 79.9. The monoisotopic (exact) mass is 338 g/mol. The number of nitrogen functional groups attached to an aromatic ring is 1. The normalized spacial score (nSPS) is 9.79. The second-order valence-electron chi connectivity index (χ2n) is 3.46. The van der Waals surface area contributed by atoms with E-state index in [2.05, 4.69) is 36.6 Å². The van der Waals surface area contributed by atoms with Crippen LogP contribution in [0, 0.1) is 11.3 Å². The topological polar surface area (TPSA) is 99.6 Å². The molecule has 8 heteroatoms. The number of rotatable bonds is 3. The van der Waals surface area contributed by atoms with Gasteiger partial charge in [-0.3, -0.25) is 0 Å². The second-order valence-corrected chi connectivity index (χ2v) is 4.66. The van der Waals surface area contributed by atoms with Crippen LogP contribution in [0.1, 0.15) is 5.56 Å². The Hall–Kier alpha value is -1.88. The molecule has 0 aliphatic heterocycles. The molecular formula is C11H8BrClN6. The van der Waals surface area contributed by atoms with Crippen molar-refractivity contribution in [1.29, 1.82) is 5.26 Å². The third-order valence-corrected chi connectivity index (χ3v) is 3.36. The van der Waals surface area contributed by atoms with Crippen molar-refractivity contribution < 1.29 is 0 Å². The number of nitriles is 1. The van der Waals surface area contributed by atoms with Crippen molar-refractivity contribution in [2.24, 2.45) is 5.84 Å². The lowest BCUT2D eigenvalue weighted by molar-refractivity contribution is 1.12. The van der Waals surface area contributed by atoms with Crippen molar-refractivity contribution in [3.8, 4) is 6.07 Å². The molecule has 0 spiro atoms. The molecule has 0 bridgehead atoms. The van der Waals surface area contributed by atoms with E-state index in [-0.39, 0.29) is 0 Å². The summed E-state index contributed by atoms with van der Waals surface area (Å²) in [5.41, 5.74) is 3.50. The number of halogens is 2. The van der Waals surface area contributed by atoms with Gasteiger partial charge in [0, 0.05) is 0 Å². The van der Waals surface area contributed by atoms with Crippen LogP contribution in [0.15, 0.2) is 29.0 Å². The molecule has 1 heterocycles. The summed E-state index contributed by atoms with van der Waals surface area (Å²) in [5, 5.41) is 12.4. The third kappa shape index (κ3) is 2.93. The highest BCUT2D eigenvalue weighted by Gasteiger charge is 2.10. The van der Waals surface area contributed by atoms with E-state index in [1.54, 1.807) is 18.2 Å². The van der Waals surface area contributed by atoms with Crippen LogP contribution in [-0.4, -0.2) is 9.97 Å². The van der Waals surface area contributed by atoms with Crippen LogP contribution in [0.2, 0.25) is 5.02 Å². The molecule has 0 unspecified atom stereocenters. The highest BCUT2D eigenvalue weighted by Crippen LogP contribution is 2.31. The standard InChI is InChI=1S/C11H8BrClN6/c12-9-10(16-5-17-11(9)19-15)18-8-3-6(4-14)1-2-7(8)13/h1-3,5H,15H2,(H2,16,17,18,19). The van der Waals surface area contributed by atoms with Crippen LogP contribution in [0.3, 0.4) is 0 Å². The van der Waals surface area contributed by atoms with Crippen molar-refractivity contribution in [2.45, 2.75) is 0 Å². The van der Waals surface area contributed by atoms with Crippen LogP contribution >= 0.6 is 27.5 Å². The maximum Gasteiger partial charge on any atom is 0.159 e. The smallest absolute Gasteiger partial charge is 0.159 e. The number of hydrogen-bond donors (Lipinski definition) is 3. The predicted molar refractivity (Wildman–Crippen MR) is 77.0 cm³/mol. The Morgan fingerprint density at radius 1 is 1.32 bits per heavy atom. The molecule has 0 fully saturated rings. The zero-order chi connectivity index (χ0) is 13.8. The predicted octanol–water partition coefficient (Wildman–Crippen LogP) is 2.79. The minimum absolute atomic E-state index is 0.435. The SMILES string of the molecule is N#Cc1ccc(Cl)c(Nc2ncnc(NN)c2Br)c1. The molecule has 0 aliphatic carbocycles. The first-order valence-electron chi connectivity index (χ1n) is 5.09. The van der Waals surface area contributed by atoms with E-state index in [0.717, 1.165) is 0 Å². The Morgan fingerprint density at radius 3 is 2.74 bits per heavy atom. The number of aromatic nitrogens is 2. The molecule has 0 radical (unpaired) electrons. The van der Waals surface area contributed by atoms with Gasteiger partial charge in [-0.25, -0.2) is 15.8 Å². The lowest BCUT2D eigenvalue weighted by Gasteiger charge is -2.11. The van der Waals surface area contributed by atoms with Crippen molar-refractivity contribution in [3.63, 3.8) is 0 Å². The quantitative estimate of drug-likeness (QED) is 0.587. The molecule has 2 aromatic rings. The van der Waals surface area contributed by atoms with Gasteiger partial charge in [0.25, 0.3) is 0 Å². The van der Waals surface area contributed by atoms with E-state index in [4.69, 9.17) is 22.7 Å². The second kappa shape index (κ2) is 5.84. The molecule has 0 saturated carbocycles. The molecule has 19 heavy (non-hydrogen) atoms. The van der Waals surface area contributed by atoms with Crippen LogP contribution in [-0.2, 0) is 0 Å². The summed E-state index contributed by atoms with van der Waals surface area (Å²) in [6.07, 6.45) is 1.35. The summed E-state index contributed by atoms with van der Waals surface area (Å²) in [5.74, 6) is 6.24. The van der Waals surface area contributed by atoms with Crippen molar-refractivity contribution in [3.05, 3.63) is 39.6 Å². The van der Waals surface area contributed by atoms with Crippen LogP contribution in [0.25, 0.3) is 0 Å². The summed E-state index contributed by atoms with van der Waals surface area (Å²) in [7, 11) is 0. The number of nitrogens with zero attached hydrogens (tertiary/aromatic N) is 3. The minimum Gasteiger partial charge on any atom is -0.338 e. The molecular weight excluding hydrogens is 332 g/mol. The molecule has 96 valence electrons. The lowest BCUT2D eigenvalue weighted by Crippen LogP contribution is -2.10. The van der Waals surface area contributed by atoms with Crippen LogP contribution < -0.4 is 16.6 Å². The Bertz CT molecular complexity index is 654. The van der Waals surface area contributed by atoms with E-state index < -0.39 is 0 Å². The minimum atomic E-state index is 0.435. The Labute approximate surface area is 122 Å². The fourth-order valence-corrected chi connectivity index (χ4v) is 1.96. The van der Waals surface area contributed by atoms with E-state index in [1.165, 1.54) is 6.33 Å². The first-order chi connectivity index (χ1) is 9.15. The average molecular weight is 340 g/mol. The number of nitrogens with two attached hydrogens (primary N) is 1. The van der Waals surface area contributed by atoms with Gasteiger partial charge in [0.15, 0.2) is 5.82 Å². The molecule has 1 aromatic carbocycles. The molecule has 4 N–H and O–H groups in total. The summed E-state index contributed by atoms with van der Waals surface area (Å²) in [4.78, 5) is 8.01. The molecule has 0 amide bonds. The van der Waals surface area contributed by atoms with Gasteiger partial charge in [-0.1, -0.05) is 11.6 Å². The molecule has 6 nitrogen and oxygen atoms in total. The molecule has 0 saturated heterocycles. The number of hydrogen-bond acceptors (Lipinski definition) is 6. The molecule has 2 rings (SSSR count). The summed E-state index contributed by atoms with van der Waals surface area (Å²) in [6, 6.07) is 6.95. The fourth-order valence-electron chi connectivity index (χ4n) is 1.38. The summed E-state index contributed by atoms with van der Waals surface area (Å²) < 4.78 is 0.566. The van der Waals surface area contributed by atoms with Gasteiger partial charge in [0.1, 0.15) is 16.6 Å². The van der Waals surface area contributed by atoms with Gasteiger partial charge in [-0.15, -0.1) is 0 Å². The molecule has 1 aromatic heterocycles. The maximum atomic E-state index is 8.87. The van der Waals surface area contributed by atoms with E-state index in [0.29, 0.717) is 32.4 Å². The summed E-state index contributed by atoms with van der Waals surface area (Å²) >= 11 is 9.38. The highest BCUT2D eigenvalue weighted by molar-refractivity contribution is 9.10. The van der Waals surface area contributed by atoms with E-state index in [9.17, 15) is 0 Å². The Balaban J connectivity index is 2.39. The van der Waals surface area contributed by atoms with Gasteiger partial charge >= 0.3 is 0 Å². The Kier molecular flexibility index (Phi) is 4.16. The molecule has 0 atom stereocenters. The van der Waals surface area contributed by atoms with Gasteiger partial charge in [-0.05, 0) is 34.1 Å².